The van der Waals surface area contributed by atoms with E-state index in [-0.39, 0.29) is 26.3 Å². The van der Waals surface area contributed by atoms with Gasteiger partial charge in [0.15, 0.2) is 0 Å². The third kappa shape index (κ3) is 6.06. The Morgan fingerprint density at radius 2 is 1.88 bits per heavy atom. The van der Waals surface area contributed by atoms with Crippen molar-refractivity contribution in [2.75, 3.05) is 19.8 Å². The van der Waals surface area contributed by atoms with E-state index in [9.17, 15) is 9.59 Å². The molecule has 1 heterocycles. The number of aliphatic hydroxyl groups excluding tert-OH is 1. The van der Waals surface area contributed by atoms with Crippen molar-refractivity contribution < 1.29 is 23.8 Å². The summed E-state index contributed by atoms with van der Waals surface area (Å²) in [5.41, 5.74) is 1.96. The minimum Gasteiger partial charge on any atom is -0.467 e. The van der Waals surface area contributed by atoms with Gasteiger partial charge in [-0.3, -0.25) is 9.59 Å². The van der Waals surface area contributed by atoms with Gasteiger partial charge in [-0.2, -0.15) is 0 Å². The Labute approximate surface area is 146 Å². The molecule has 0 bridgehead atoms. The number of hydrogen-bond donors (Lipinski definition) is 3. The molecule has 0 aliphatic rings. The summed E-state index contributed by atoms with van der Waals surface area (Å²) in [4.78, 5) is 23.7. The van der Waals surface area contributed by atoms with Crippen molar-refractivity contribution in [3.63, 3.8) is 0 Å². The van der Waals surface area contributed by atoms with E-state index in [1.165, 1.54) is 6.26 Å². The number of amides is 2. The van der Waals surface area contributed by atoms with Gasteiger partial charge in [0.05, 0.1) is 32.1 Å². The van der Waals surface area contributed by atoms with Crippen LogP contribution in [0.3, 0.4) is 0 Å². The van der Waals surface area contributed by atoms with Gasteiger partial charge < -0.3 is 24.9 Å². The van der Waals surface area contributed by atoms with Crippen LogP contribution in [0.4, 0.5) is 0 Å². The maximum absolute atomic E-state index is 11.9. The van der Waals surface area contributed by atoms with Crippen LogP contribution in [0, 0.1) is 6.92 Å². The number of benzene rings is 1. The van der Waals surface area contributed by atoms with Crippen molar-refractivity contribution in [1.29, 1.82) is 0 Å². The van der Waals surface area contributed by atoms with E-state index in [2.05, 4.69) is 10.6 Å². The molecule has 0 saturated heterocycles. The zero-order valence-corrected chi connectivity index (χ0v) is 14.0. The van der Waals surface area contributed by atoms with Crippen molar-refractivity contribution in [1.82, 2.24) is 10.6 Å². The number of aryl methyl sites for hydroxylation is 1. The number of rotatable bonds is 8. The molecular formula is C18H22N2O5. The second-order valence-corrected chi connectivity index (χ2v) is 5.47. The summed E-state index contributed by atoms with van der Waals surface area (Å²) < 4.78 is 10.6. The third-order valence-electron chi connectivity index (χ3n) is 3.52. The summed E-state index contributed by atoms with van der Waals surface area (Å²) in [7, 11) is 0. The van der Waals surface area contributed by atoms with E-state index in [1.807, 2.05) is 31.2 Å². The van der Waals surface area contributed by atoms with Crippen molar-refractivity contribution in [2.45, 2.75) is 19.6 Å². The summed E-state index contributed by atoms with van der Waals surface area (Å²) in [5, 5.41) is 14.0. The van der Waals surface area contributed by atoms with Crippen LogP contribution in [0.2, 0.25) is 0 Å². The zero-order valence-electron chi connectivity index (χ0n) is 14.0. The standard InChI is InChI=1S/C18H22N2O5/c1-13-4-6-14(7-5-13)16(25-10-8-21)12-20-18(23)17(22)19-11-15-3-2-9-24-15/h2-7,9,16,21H,8,10-12H2,1H3,(H,19,22)(H,20,23)/t16-/m0/s1. The summed E-state index contributed by atoms with van der Waals surface area (Å²) >= 11 is 0. The van der Waals surface area contributed by atoms with Crippen LogP contribution < -0.4 is 10.6 Å². The SMILES string of the molecule is Cc1ccc([C@H](CNC(=O)C(=O)NCc2ccco2)OCCO)cc1. The largest absolute Gasteiger partial charge is 0.467 e. The molecule has 3 N–H and O–H groups in total. The fraction of sp³-hybridized carbons (Fsp3) is 0.333. The summed E-state index contributed by atoms with van der Waals surface area (Å²) in [6, 6.07) is 11.0. The highest BCUT2D eigenvalue weighted by atomic mass is 16.5. The van der Waals surface area contributed by atoms with Crippen LogP contribution in [0.1, 0.15) is 23.0 Å². The van der Waals surface area contributed by atoms with Crippen LogP contribution in [0.5, 0.6) is 0 Å². The molecule has 0 radical (unpaired) electrons. The fourth-order valence-electron chi connectivity index (χ4n) is 2.18. The first kappa shape index (κ1) is 18.7. The predicted molar refractivity (Wildman–Crippen MR) is 90.5 cm³/mol. The van der Waals surface area contributed by atoms with Gasteiger partial charge >= 0.3 is 11.8 Å². The molecule has 2 aromatic rings. The van der Waals surface area contributed by atoms with E-state index in [0.717, 1.165) is 11.1 Å². The van der Waals surface area contributed by atoms with E-state index in [0.29, 0.717) is 5.76 Å². The minimum absolute atomic E-state index is 0.121. The molecule has 0 aliphatic carbocycles. The van der Waals surface area contributed by atoms with Crippen molar-refractivity contribution in [3.05, 3.63) is 59.5 Å². The van der Waals surface area contributed by atoms with Crippen molar-refractivity contribution in [2.24, 2.45) is 0 Å². The highest BCUT2D eigenvalue weighted by molar-refractivity contribution is 6.35. The molecule has 1 atom stereocenters. The van der Waals surface area contributed by atoms with Crippen LogP contribution >= 0.6 is 0 Å². The van der Waals surface area contributed by atoms with Gasteiger partial charge in [-0.1, -0.05) is 29.8 Å². The molecule has 7 heteroatoms. The van der Waals surface area contributed by atoms with Crippen LogP contribution in [-0.4, -0.2) is 36.7 Å². The van der Waals surface area contributed by atoms with Gasteiger partial charge in [-0.05, 0) is 24.6 Å². The molecule has 25 heavy (non-hydrogen) atoms. The van der Waals surface area contributed by atoms with Crippen LogP contribution in [-0.2, 0) is 20.9 Å². The topological polar surface area (TPSA) is 101 Å². The van der Waals surface area contributed by atoms with Crippen molar-refractivity contribution >= 4 is 11.8 Å². The zero-order chi connectivity index (χ0) is 18.1. The van der Waals surface area contributed by atoms with Gasteiger partial charge in [0.25, 0.3) is 0 Å². The quantitative estimate of drug-likeness (QED) is 0.621. The lowest BCUT2D eigenvalue weighted by Crippen LogP contribution is -2.41. The summed E-state index contributed by atoms with van der Waals surface area (Å²) in [5.74, 6) is -0.942. The second-order valence-electron chi connectivity index (χ2n) is 5.47. The Morgan fingerprint density at radius 1 is 1.16 bits per heavy atom. The Hall–Kier alpha value is -2.64. The third-order valence-corrected chi connectivity index (χ3v) is 3.52. The monoisotopic (exact) mass is 346 g/mol. The predicted octanol–water partition coefficient (Wildman–Crippen LogP) is 1.07. The van der Waals surface area contributed by atoms with Crippen molar-refractivity contribution in [3.8, 4) is 0 Å². The first-order chi connectivity index (χ1) is 12.1. The lowest BCUT2D eigenvalue weighted by Gasteiger charge is -2.18. The molecule has 0 spiro atoms. The molecule has 1 aromatic carbocycles. The Kier molecular flexibility index (Phi) is 7.18. The Morgan fingerprint density at radius 3 is 2.52 bits per heavy atom. The minimum atomic E-state index is -0.753. The van der Waals surface area contributed by atoms with Crippen LogP contribution in [0.25, 0.3) is 0 Å². The summed E-state index contributed by atoms with van der Waals surface area (Å²) in [6.07, 6.45) is 1.04. The first-order valence-corrected chi connectivity index (χ1v) is 7.97. The molecular weight excluding hydrogens is 324 g/mol. The lowest BCUT2D eigenvalue weighted by molar-refractivity contribution is -0.139. The molecule has 0 aliphatic heterocycles. The second kappa shape index (κ2) is 9.61. The summed E-state index contributed by atoms with van der Waals surface area (Å²) in [6.45, 7) is 2.25. The number of nitrogens with one attached hydrogen (secondary N) is 2. The molecule has 0 fully saturated rings. The molecule has 1 aromatic heterocycles. The van der Waals surface area contributed by atoms with E-state index in [4.69, 9.17) is 14.3 Å². The maximum Gasteiger partial charge on any atom is 0.309 e. The number of carbonyl (C=O) groups excluding carboxylic acids is 2. The number of furan rings is 1. The highest BCUT2D eigenvalue weighted by Gasteiger charge is 2.17. The number of aliphatic hydroxyl groups is 1. The van der Waals surface area contributed by atoms with Gasteiger partial charge in [0.2, 0.25) is 0 Å². The van der Waals surface area contributed by atoms with E-state index >= 15 is 0 Å². The van der Waals surface area contributed by atoms with Gasteiger partial charge in [-0.15, -0.1) is 0 Å². The smallest absolute Gasteiger partial charge is 0.309 e. The average Bonchev–Trinajstić information content (AvgIpc) is 3.14. The van der Waals surface area contributed by atoms with E-state index in [1.54, 1.807) is 12.1 Å². The number of hydrogen-bond acceptors (Lipinski definition) is 5. The normalized spacial score (nSPS) is 11.8. The molecule has 0 unspecified atom stereocenters. The van der Waals surface area contributed by atoms with Crippen LogP contribution in [0.15, 0.2) is 47.1 Å². The van der Waals surface area contributed by atoms with E-state index < -0.39 is 17.9 Å². The lowest BCUT2D eigenvalue weighted by atomic mass is 10.1. The molecule has 7 nitrogen and oxygen atoms in total. The molecule has 2 rings (SSSR count). The number of ether oxygens (including phenoxy) is 1. The van der Waals surface area contributed by atoms with Gasteiger partial charge in [-0.25, -0.2) is 0 Å². The molecule has 0 saturated carbocycles. The Balaban J connectivity index is 1.86. The van der Waals surface area contributed by atoms with Gasteiger partial charge in [0.1, 0.15) is 5.76 Å². The molecule has 134 valence electrons. The average molecular weight is 346 g/mol. The Bertz CT molecular complexity index is 667. The highest BCUT2D eigenvalue weighted by Crippen LogP contribution is 2.17. The maximum atomic E-state index is 11.9. The fourth-order valence-corrected chi connectivity index (χ4v) is 2.18. The first-order valence-electron chi connectivity index (χ1n) is 7.97. The van der Waals surface area contributed by atoms with Gasteiger partial charge in [0, 0.05) is 6.54 Å². The number of carbonyl (C=O) groups is 2. The molecule has 2 amide bonds.